The first kappa shape index (κ1) is 10.2. The number of fused-ring (bicyclic) bond motifs is 1. The summed E-state index contributed by atoms with van der Waals surface area (Å²) in [6, 6.07) is 5.65. The van der Waals surface area contributed by atoms with E-state index in [9.17, 15) is 4.79 Å². The van der Waals surface area contributed by atoms with Crippen LogP contribution < -0.4 is 9.47 Å². The molecule has 3 rings (SSSR count). The summed E-state index contributed by atoms with van der Waals surface area (Å²) in [6.07, 6.45) is -0.185. The number of esters is 1. The van der Waals surface area contributed by atoms with E-state index in [1.54, 1.807) is 0 Å². The first-order valence-electron chi connectivity index (χ1n) is 5.46. The molecule has 4 heteroatoms. The Labute approximate surface area is 98.8 Å². The van der Waals surface area contributed by atoms with Gasteiger partial charge in [-0.25, -0.2) is 4.79 Å². The highest BCUT2D eigenvalue weighted by Gasteiger charge is 2.37. The minimum absolute atomic E-state index is 0.100. The van der Waals surface area contributed by atoms with Gasteiger partial charge in [0.05, 0.1) is 5.92 Å². The Morgan fingerprint density at radius 2 is 2.06 bits per heavy atom. The molecule has 17 heavy (non-hydrogen) atoms. The van der Waals surface area contributed by atoms with Gasteiger partial charge in [0.15, 0.2) is 11.5 Å². The van der Waals surface area contributed by atoms with Crippen LogP contribution in [0.25, 0.3) is 0 Å². The number of rotatable bonds is 1. The van der Waals surface area contributed by atoms with Crippen LogP contribution in [-0.2, 0) is 9.53 Å². The van der Waals surface area contributed by atoms with Crippen LogP contribution in [0.15, 0.2) is 30.4 Å². The van der Waals surface area contributed by atoms with Gasteiger partial charge in [-0.2, -0.15) is 0 Å². The second-order valence-electron chi connectivity index (χ2n) is 4.23. The van der Waals surface area contributed by atoms with Crippen LogP contribution in [0.3, 0.4) is 0 Å². The van der Waals surface area contributed by atoms with Gasteiger partial charge in [-0.15, -0.1) is 0 Å². The van der Waals surface area contributed by atoms with Gasteiger partial charge in [-0.3, -0.25) is 0 Å². The first-order chi connectivity index (χ1) is 8.16. The van der Waals surface area contributed by atoms with Crippen LogP contribution >= 0.6 is 0 Å². The summed E-state index contributed by atoms with van der Waals surface area (Å²) < 4.78 is 15.7. The zero-order chi connectivity index (χ0) is 12.0. The second-order valence-corrected chi connectivity index (χ2v) is 4.23. The van der Waals surface area contributed by atoms with E-state index in [0.717, 1.165) is 11.3 Å². The molecule has 2 atom stereocenters. The van der Waals surface area contributed by atoms with Crippen molar-refractivity contribution in [2.45, 2.75) is 18.9 Å². The summed E-state index contributed by atoms with van der Waals surface area (Å²) in [6.45, 7) is 5.90. The van der Waals surface area contributed by atoms with Crippen LogP contribution in [0.4, 0.5) is 0 Å². The van der Waals surface area contributed by atoms with Crippen LogP contribution in [-0.4, -0.2) is 18.9 Å². The fourth-order valence-electron chi connectivity index (χ4n) is 2.30. The molecule has 1 saturated heterocycles. The molecule has 0 aliphatic carbocycles. The maximum Gasteiger partial charge on any atom is 0.334 e. The van der Waals surface area contributed by atoms with E-state index in [1.165, 1.54) is 0 Å². The average Bonchev–Trinajstić information content (AvgIpc) is 2.84. The summed E-state index contributed by atoms with van der Waals surface area (Å²) in [7, 11) is 0. The highest BCUT2D eigenvalue weighted by Crippen LogP contribution is 2.40. The fourth-order valence-corrected chi connectivity index (χ4v) is 2.30. The van der Waals surface area contributed by atoms with Crippen LogP contribution in [0.1, 0.15) is 18.4 Å². The lowest BCUT2D eigenvalue weighted by atomic mass is 9.90. The van der Waals surface area contributed by atoms with Crippen molar-refractivity contribution in [1.29, 1.82) is 0 Å². The normalized spacial score (nSPS) is 26.2. The summed E-state index contributed by atoms with van der Waals surface area (Å²) in [4.78, 5) is 11.4. The number of carbonyl (C=O) groups is 1. The Hall–Kier alpha value is -1.97. The topological polar surface area (TPSA) is 44.8 Å². The molecule has 0 radical (unpaired) electrons. The van der Waals surface area contributed by atoms with Gasteiger partial charge in [-0.1, -0.05) is 12.6 Å². The van der Waals surface area contributed by atoms with Crippen molar-refractivity contribution in [2.24, 2.45) is 0 Å². The molecule has 2 aliphatic heterocycles. The predicted molar refractivity (Wildman–Crippen MR) is 60.0 cm³/mol. The monoisotopic (exact) mass is 232 g/mol. The van der Waals surface area contributed by atoms with E-state index < -0.39 is 0 Å². The number of carbonyl (C=O) groups excluding carboxylic acids is 1. The minimum Gasteiger partial charge on any atom is -0.458 e. The lowest BCUT2D eigenvalue weighted by Gasteiger charge is -2.14. The summed E-state index contributed by atoms with van der Waals surface area (Å²) in [5.74, 6) is 1.02. The third kappa shape index (κ3) is 1.48. The molecule has 88 valence electrons. The van der Waals surface area contributed by atoms with Crippen LogP contribution in [0.5, 0.6) is 11.5 Å². The molecule has 0 unspecified atom stereocenters. The number of hydrogen-bond donors (Lipinski definition) is 0. The lowest BCUT2D eigenvalue weighted by Crippen LogP contribution is -2.10. The van der Waals surface area contributed by atoms with E-state index in [-0.39, 0.29) is 24.8 Å². The van der Waals surface area contributed by atoms with Crippen LogP contribution in [0, 0.1) is 0 Å². The highest BCUT2D eigenvalue weighted by atomic mass is 16.7. The lowest BCUT2D eigenvalue weighted by molar-refractivity contribution is -0.138. The van der Waals surface area contributed by atoms with E-state index in [1.807, 2.05) is 25.1 Å². The Morgan fingerprint density at radius 3 is 2.76 bits per heavy atom. The zero-order valence-electron chi connectivity index (χ0n) is 9.43. The minimum atomic E-state index is -0.319. The molecular weight excluding hydrogens is 220 g/mol. The Balaban J connectivity index is 1.99. The van der Waals surface area contributed by atoms with Crippen molar-refractivity contribution >= 4 is 5.97 Å². The van der Waals surface area contributed by atoms with E-state index >= 15 is 0 Å². The standard InChI is InChI=1S/C13H12O4/c1-7-12(8(2)17-13(7)14)9-3-4-10-11(5-9)16-6-15-10/h3-5,8,12H,1,6H2,2H3/t8-,12-/m1/s1. The molecule has 1 fully saturated rings. The van der Waals surface area contributed by atoms with E-state index in [0.29, 0.717) is 11.3 Å². The summed E-state index contributed by atoms with van der Waals surface area (Å²) in [5, 5.41) is 0. The fraction of sp³-hybridized carbons (Fsp3) is 0.308. The molecule has 0 amide bonds. The number of cyclic esters (lactones) is 1. The summed E-state index contributed by atoms with van der Waals surface area (Å²) in [5.41, 5.74) is 1.47. The largest absolute Gasteiger partial charge is 0.458 e. The van der Waals surface area contributed by atoms with Gasteiger partial charge in [-0.05, 0) is 24.6 Å². The first-order valence-corrected chi connectivity index (χ1v) is 5.46. The molecule has 0 saturated carbocycles. The van der Waals surface area contributed by atoms with E-state index in [2.05, 4.69) is 6.58 Å². The number of hydrogen-bond acceptors (Lipinski definition) is 4. The molecule has 1 aromatic rings. The van der Waals surface area contributed by atoms with E-state index in [4.69, 9.17) is 14.2 Å². The smallest absolute Gasteiger partial charge is 0.334 e. The van der Waals surface area contributed by atoms with Gasteiger partial charge in [0.2, 0.25) is 6.79 Å². The van der Waals surface area contributed by atoms with Gasteiger partial charge in [0.1, 0.15) is 6.10 Å². The number of benzene rings is 1. The van der Waals surface area contributed by atoms with Crippen molar-refractivity contribution < 1.29 is 19.0 Å². The quantitative estimate of drug-likeness (QED) is 0.548. The molecule has 1 aromatic carbocycles. The van der Waals surface area contributed by atoms with Crippen molar-refractivity contribution in [3.05, 3.63) is 35.9 Å². The molecule has 0 bridgehead atoms. The Morgan fingerprint density at radius 1 is 1.29 bits per heavy atom. The Bertz CT molecular complexity index is 506. The van der Waals surface area contributed by atoms with Crippen molar-refractivity contribution in [1.82, 2.24) is 0 Å². The molecule has 4 nitrogen and oxygen atoms in total. The molecule has 2 aliphatic rings. The predicted octanol–water partition coefficient (Wildman–Crippen LogP) is 2.00. The number of ether oxygens (including phenoxy) is 3. The molecular formula is C13H12O4. The molecule has 2 heterocycles. The van der Waals surface area contributed by atoms with Crippen molar-refractivity contribution in [3.63, 3.8) is 0 Å². The van der Waals surface area contributed by atoms with Crippen LogP contribution in [0.2, 0.25) is 0 Å². The van der Waals surface area contributed by atoms with Gasteiger partial charge >= 0.3 is 5.97 Å². The molecule has 0 N–H and O–H groups in total. The van der Waals surface area contributed by atoms with Gasteiger partial charge < -0.3 is 14.2 Å². The van der Waals surface area contributed by atoms with Gasteiger partial charge in [0.25, 0.3) is 0 Å². The third-order valence-electron chi connectivity index (χ3n) is 3.16. The molecule has 0 aromatic heterocycles. The SMILES string of the molecule is C=C1C(=O)O[C@H](C)[C@@H]1c1ccc2c(c1)OCO2. The average molecular weight is 232 g/mol. The maximum absolute atomic E-state index is 11.4. The third-order valence-corrected chi connectivity index (χ3v) is 3.16. The summed E-state index contributed by atoms with van der Waals surface area (Å²) >= 11 is 0. The van der Waals surface area contributed by atoms with Gasteiger partial charge in [0, 0.05) is 5.57 Å². The second kappa shape index (κ2) is 3.52. The van der Waals surface area contributed by atoms with Crippen molar-refractivity contribution in [3.8, 4) is 11.5 Å². The highest BCUT2D eigenvalue weighted by molar-refractivity contribution is 5.92. The van der Waals surface area contributed by atoms with Crippen molar-refractivity contribution in [2.75, 3.05) is 6.79 Å². The maximum atomic E-state index is 11.4. The Kier molecular flexibility index (Phi) is 2.11. The zero-order valence-corrected chi connectivity index (χ0v) is 9.43. The molecule has 0 spiro atoms.